The molecule has 0 aromatic rings. The van der Waals surface area contributed by atoms with Crippen LogP contribution in [0.1, 0.15) is 86.0 Å². The second kappa shape index (κ2) is 7.72. The van der Waals surface area contributed by atoms with E-state index in [1.807, 2.05) is 20.8 Å². The van der Waals surface area contributed by atoms with Gasteiger partial charge in [0.05, 0.1) is 6.10 Å². The second-order valence-electron chi connectivity index (χ2n) is 12.7. The average molecular weight is 454 g/mol. The summed E-state index contributed by atoms with van der Waals surface area (Å²) in [6.07, 6.45) is 9.84. The van der Waals surface area contributed by atoms with E-state index >= 15 is 0 Å². The Morgan fingerprint density at radius 3 is 2.45 bits per heavy atom. The van der Waals surface area contributed by atoms with E-state index in [1.54, 1.807) is 6.26 Å². The van der Waals surface area contributed by atoms with Crippen LogP contribution in [-0.4, -0.2) is 44.7 Å². The number of ether oxygens (including phenoxy) is 1. The molecule has 9 atom stereocenters. The molecule has 0 radical (unpaired) electrons. The second-order valence-corrected chi connectivity index (χ2v) is 14.1. The predicted molar refractivity (Wildman–Crippen MR) is 124 cm³/mol. The minimum Gasteiger partial charge on any atom is -0.444 e. The number of carbonyl (C=O) groups is 1. The number of carbonyl (C=O) groups excluding carboxylic acids is 1. The lowest BCUT2D eigenvalue weighted by Crippen LogP contribution is -2.69. The Kier molecular flexibility index (Phi) is 5.86. The topological polar surface area (TPSA) is 75.6 Å². The summed E-state index contributed by atoms with van der Waals surface area (Å²) in [4.78, 5) is 12.7. The fourth-order valence-corrected chi connectivity index (χ4v) is 9.66. The van der Waals surface area contributed by atoms with Gasteiger partial charge in [0.1, 0.15) is 5.60 Å². The first-order valence-electron chi connectivity index (χ1n) is 12.3. The molecular weight excluding hydrogens is 410 g/mol. The minimum atomic E-state index is -0.869. The van der Waals surface area contributed by atoms with Crippen LogP contribution >= 0.6 is 0 Å². The summed E-state index contributed by atoms with van der Waals surface area (Å²) < 4.78 is 17.6. The van der Waals surface area contributed by atoms with Crippen molar-refractivity contribution in [1.82, 2.24) is 5.32 Å². The number of aliphatic hydroxyl groups is 1. The lowest BCUT2D eigenvalue weighted by molar-refractivity contribution is -0.233. The number of nitrogens with one attached hydrogen (secondary N) is 1. The predicted octanol–water partition coefficient (Wildman–Crippen LogP) is 4.64. The van der Waals surface area contributed by atoms with Crippen LogP contribution in [-0.2, 0) is 15.5 Å². The maximum atomic E-state index is 12.7. The number of alkyl carbamates (subject to hydrolysis) is 1. The minimum absolute atomic E-state index is 0.0335. The average Bonchev–Trinajstić information content (AvgIpc) is 2.62. The Balaban J connectivity index is 1.60. The van der Waals surface area contributed by atoms with E-state index in [4.69, 9.17) is 4.74 Å². The van der Waals surface area contributed by atoms with E-state index in [0.29, 0.717) is 23.5 Å². The van der Waals surface area contributed by atoms with Gasteiger partial charge in [-0.05, 0) is 107 Å². The van der Waals surface area contributed by atoms with Gasteiger partial charge in [-0.25, -0.2) is 4.79 Å². The summed E-state index contributed by atoms with van der Waals surface area (Å²) in [7, 11) is -0.869. The van der Waals surface area contributed by atoms with E-state index in [2.05, 4.69) is 19.2 Å². The summed E-state index contributed by atoms with van der Waals surface area (Å²) in [5, 5.41) is 14.9. The number of hydrogen-bond acceptors (Lipinski definition) is 4. The zero-order valence-corrected chi connectivity index (χ0v) is 21.1. The molecule has 5 nitrogen and oxygen atoms in total. The molecule has 0 saturated heterocycles. The van der Waals surface area contributed by atoms with Gasteiger partial charge in [-0.15, -0.1) is 0 Å². The summed E-state index contributed by atoms with van der Waals surface area (Å²) in [6, 6.07) is 0. The van der Waals surface area contributed by atoms with E-state index in [9.17, 15) is 14.1 Å². The molecule has 1 spiro atoms. The van der Waals surface area contributed by atoms with E-state index in [0.717, 1.165) is 38.5 Å². The summed E-state index contributed by atoms with van der Waals surface area (Å²) >= 11 is 0. The molecule has 5 saturated carbocycles. The third kappa shape index (κ3) is 3.88. The van der Waals surface area contributed by atoms with E-state index in [1.165, 1.54) is 12.8 Å². The molecule has 5 aliphatic carbocycles. The monoisotopic (exact) mass is 453 g/mol. The zero-order valence-electron chi connectivity index (χ0n) is 20.3. The molecule has 1 amide bonds. The van der Waals surface area contributed by atoms with Crippen molar-refractivity contribution in [3.63, 3.8) is 0 Å². The van der Waals surface area contributed by atoms with Crippen molar-refractivity contribution in [2.75, 3.05) is 12.0 Å². The van der Waals surface area contributed by atoms with Crippen LogP contribution in [0.15, 0.2) is 0 Å². The fraction of sp³-hybridized carbons (Fsp3) is 0.960. The molecule has 5 fully saturated rings. The lowest BCUT2D eigenvalue weighted by Gasteiger charge is -2.70. The summed E-state index contributed by atoms with van der Waals surface area (Å²) in [5.41, 5.74) is -0.705. The summed E-state index contributed by atoms with van der Waals surface area (Å²) in [5.74, 6) is 2.17. The smallest absolute Gasteiger partial charge is 0.408 e. The largest absolute Gasteiger partial charge is 0.444 e. The van der Waals surface area contributed by atoms with Crippen LogP contribution in [0.5, 0.6) is 0 Å². The van der Waals surface area contributed by atoms with Crippen LogP contribution < -0.4 is 5.32 Å². The van der Waals surface area contributed by atoms with Crippen molar-refractivity contribution >= 4 is 16.9 Å². The number of hydrogen-bond donors (Lipinski definition) is 2. The van der Waals surface area contributed by atoms with Gasteiger partial charge in [-0.3, -0.25) is 4.21 Å². The number of fused-ring (bicyclic) bond motifs is 3. The number of aliphatic hydroxyl groups excluding tert-OH is 1. The first kappa shape index (κ1) is 23.5. The first-order chi connectivity index (χ1) is 14.3. The molecule has 1 unspecified atom stereocenters. The number of rotatable bonds is 3. The lowest BCUT2D eigenvalue weighted by atomic mass is 9.36. The van der Waals surface area contributed by atoms with Gasteiger partial charge in [0.15, 0.2) is 0 Å². The van der Waals surface area contributed by atoms with Crippen molar-refractivity contribution in [2.24, 2.45) is 34.5 Å². The van der Waals surface area contributed by atoms with Crippen LogP contribution in [0.2, 0.25) is 0 Å². The van der Waals surface area contributed by atoms with Gasteiger partial charge >= 0.3 is 6.09 Å². The Morgan fingerprint density at radius 1 is 1.13 bits per heavy atom. The molecular formula is C25H43NO4S. The van der Waals surface area contributed by atoms with Crippen molar-refractivity contribution in [1.29, 1.82) is 0 Å². The molecule has 2 N–H and O–H groups in total. The first-order valence-corrected chi connectivity index (χ1v) is 14.0. The third-order valence-electron chi connectivity index (χ3n) is 9.70. The molecule has 2 bridgehead atoms. The van der Waals surface area contributed by atoms with Gasteiger partial charge in [-0.1, -0.05) is 13.3 Å². The number of amides is 1. The summed E-state index contributed by atoms with van der Waals surface area (Å²) in [6.45, 7) is 10.4. The highest BCUT2D eigenvalue weighted by Crippen LogP contribution is 2.71. The van der Waals surface area contributed by atoms with Crippen molar-refractivity contribution in [3.05, 3.63) is 0 Å². The van der Waals surface area contributed by atoms with Crippen molar-refractivity contribution < 1.29 is 18.8 Å². The van der Waals surface area contributed by atoms with Gasteiger partial charge < -0.3 is 15.2 Å². The van der Waals surface area contributed by atoms with Crippen molar-refractivity contribution in [3.8, 4) is 0 Å². The van der Waals surface area contributed by atoms with Gasteiger partial charge in [0.25, 0.3) is 0 Å². The quantitative estimate of drug-likeness (QED) is 0.653. The Morgan fingerprint density at radius 2 is 1.81 bits per heavy atom. The molecule has 0 heterocycles. The molecule has 5 rings (SSSR count). The van der Waals surface area contributed by atoms with Crippen molar-refractivity contribution in [2.45, 2.75) is 103 Å². The maximum Gasteiger partial charge on any atom is 0.408 e. The Bertz CT molecular complexity index is 750. The highest BCUT2D eigenvalue weighted by molar-refractivity contribution is 7.84. The molecule has 0 aliphatic heterocycles. The Hall–Kier alpha value is -0.620. The zero-order chi connectivity index (χ0) is 22.8. The SMILES string of the molecule is CS(=O)C[C@H]1[C@@H]2CC[C@@]3(CC[C@H]4[C@@](C)(CCC[C@@]4(C)NC(=O)OC(C)(C)C)[C@@H]3C2)[C@@H]1O. The molecule has 5 aliphatic rings. The molecule has 6 heteroatoms. The highest BCUT2D eigenvalue weighted by atomic mass is 32.2. The molecule has 31 heavy (non-hydrogen) atoms. The fourth-order valence-electron chi connectivity index (χ4n) is 8.66. The normalized spacial score (nSPS) is 47.8. The van der Waals surface area contributed by atoms with Crippen LogP contribution in [0.4, 0.5) is 4.79 Å². The van der Waals surface area contributed by atoms with E-state index in [-0.39, 0.29) is 34.5 Å². The third-order valence-corrected chi connectivity index (χ3v) is 10.6. The Labute approximate surface area is 190 Å². The van der Waals surface area contributed by atoms with E-state index < -0.39 is 16.4 Å². The standard InChI is InChI=1S/C25H43NO4S/c1-22(2,3)30-21(28)26-24(5)11-7-10-23(4)18(24)9-13-25-12-8-16(14-19(23)25)17(20(25)27)15-31(6)29/h16-20,27H,7-15H2,1-6H3,(H,26,28)/t16-,17+,18+,19+,20-,23-,24-,25+,31?/m1/s1. The van der Waals surface area contributed by atoms with Gasteiger partial charge in [0.2, 0.25) is 0 Å². The van der Waals surface area contributed by atoms with Crippen LogP contribution in [0, 0.1) is 34.5 Å². The maximum absolute atomic E-state index is 12.7. The van der Waals surface area contributed by atoms with Gasteiger partial charge in [0, 0.05) is 28.3 Å². The van der Waals surface area contributed by atoms with Crippen LogP contribution in [0.3, 0.4) is 0 Å². The molecule has 0 aromatic heterocycles. The molecule has 178 valence electrons. The highest BCUT2D eigenvalue weighted by Gasteiger charge is 2.67. The van der Waals surface area contributed by atoms with Crippen LogP contribution in [0.25, 0.3) is 0 Å². The molecule has 0 aromatic carbocycles. The van der Waals surface area contributed by atoms with Gasteiger partial charge in [-0.2, -0.15) is 0 Å².